The molecule has 0 saturated carbocycles. The van der Waals surface area contributed by atoms with E-state index < -0.39 is 0 Å². The van der Waals surface area contributed by atoms with Crippen molar-refractivity contribution in [1.82, 2.24) is 0 Å². The zero-order valence-electron chi connectivity index (χ0n) is 14.0. The minimum atomic E-state index is -0.244. The smallest absolute Gasteiger partial charge is 0.262 e. The van der Waals surface area contributed by atoms with E-state index in [0.717, 1.165) is 11.1 Å². The maximum absolute atomic E-state index is 12.2. The molecule has 5 nitrogen and oxygen atoms in total. The van der Waals surface area contributed by atoms with Crippen molar-refractivity contribution >= 4 is 11.6 Å². The van der Waals surface area contributed by atoms with E-state index in [1.807, 2.05) is 54.6 Å². The molecule has 0 aromatic heterocycles. The first kappa shape index (κ1) is 16.0. The fourth-order valence-corrected chi connectivity index (χ4v) is 2.76. The highest BCUT2D eigenvalue weighted by atomic mass is 16.7. The van der Waals surface area contributed by atoms with Crippen LogP contribution in [-0.2, 0) is 4.79 Å². The second-order valence-corrected chi connectivity index (χ2v) is 5.77. The Bertz CT molecular complexity index is 924. The maximum Gasteiger partial charge on any atom is 0.262 e. The molecule has 1 amide bonds. The van der Waals surface area contributed by atoms with Crippen molar-refractivity contribution in [1.29, 1.82) is 0 Å². The van der Waals surface area contributed by atoms with Gasteiger partial charge in [-0.15, -0.1) is 0 Å². The molecular weight excluding hydrogens is 330 g/mol. The van der Waals surface area contributed by atoms with Crippen molar-refractivity contribution < 1.29 is 19.0 Å². The summed E-state index contributed by atoms with van der Waals surface area (Å²) < 4.78 is 16.3. The molecule has 0 saturated heterocycles. The van der Waals surface area contributed by atoms with Crippen LogP contribution in [0, 0.1) is 0 Å². The third kappa shape index (κ3) is 3.47. The van der Waals surface area contributed by atoms with Gasteiger partial charge in [0, 0.05) is 17.3 Å². The minimum absolute atomic E-state index is 0.0850. The van der Waals surface area contributed by atoms with Gasteiger partial charge in [-0.1, -0.05) is 48.5 Å². The van der Waals surface area contributed by atoms with Crippen LogP contribution in [-0.4, -0.2) is 19.3 Å². The van der Waals surface area contributed by atoms with E-state index in [4.69, 9.17) is 14.2 Å². The lowest BCUT2D eigenvalue weighted by molar-refractivity contribution is -0.118. The van der Waals surface area contributed by atoms with Gasteiger partial charge in [0.15, 0.2) is 18.1 Å². The average Bonchev–Trinajstić information content (AvgIpc) is 3.15. The Kier molecular flexibility index (Phi) is 4.43. The zero-order chi connectivity index (χ0) is 17.8. The van der Waals surface area contributed by atoms with E-state index in [0.29, 0.717) is 22.9 Å². The monoisotopic (exact) mass is 347 g/mol. The lowest BCUT2D eigenvalue weighted by Crippen LogP contribution is -2.20. The number of ether oxygens (including phenoxy) is 3. The Morgan fingerprint density at radius 2 is 1.69 bits per heavy atom. The van der Waals surface area contributed by atoms with Crippen molar-refractivity contribution in [2.45, 2.75) is 0 Å². The van der Waals surface area contributed by atoms with Gasteiger partial charge in [-0.05, 0) is 23.8 Å². The van der Waals surface area contributed by atoms with Crippen LogP contribution >= 0.6 is 0 Å². The lowest BCUT2D eigenvalue weighted by atomic mass is 10.1. The molecule has 0 radical (unpaired) electrons. The van der Waals surface area contributed by atoms with Crippen LogP contribution in [0.3, 0.4) is 0 Å². The van der Waals surface area contributed by atoms with E-state index in [1.54, 1.807) is 18.2 Å². The summed E-state index contributed by atoms with van der Waals surface area (Å²) in [5, 5.41) is 2.80. The van der Waals surface area contributed by atoms with Crippen molar-refractivity contribution in [3.05, 3.63) is 72.8 Å². The van der Waals surface area contributed by atoms with Crippen LogP contribution in [0.2, 0.25) is 0 Å². The molecule has 1 aliphatic rings. The second kappa shape index (κ2) is 7.19. The van der Waals surface area contributed by atoms with E-state index in [-0.39, 0.29) is 19.3 Å². The zero-order valence-corrected chi connectivity index (χ0v) is 14.0. The number of fused-ring (bicyclic) bond motifs is 1. The molecule has 0 atom stereocenters. The molecule has 1 heterocycles. The predicted molar refractivity (Wildman–Crippen MR) is 98.6 cm³/mol. The third-order valence-electron chi connectivity index (χ3n) is 3.99. The van der Waals surface area contributed by atoms with Crippen molar-refractivity contribution in [3.63, 3.8) is 0 Å². The first-order valence-electron chi connectivity index (χ1n) is 8.26. The Morgan fingerprint density at radius 3 is 2.58 bits per heavy atom. The predicted octanol–water partition coefficient (Wildman–Crippen LogP) is 4.10. The summed E-state index contributed by atoms with van der Waals surface area (Å²) in [5.74, 6) is 1.72. The minimum Gasteiger partial charge on any atom is -0.483 e. The highest BCUT2D eigenvalue weighted by Crippen LogP contribution is 2.34. The number of amides is 1. The number of anilines is 1. The molecule has 0 unspecified atom stereocenters. The fraction of sp³-hybridized carbons (Fsp3) is 0.0952. The number of carbonyl (C=O) groups excluding carboxylic acids is 1. The van der Waals surface area contributed by atoms with Gasteiger partial charge in [-0.2, -0.15) is 0 Å². The Hall–Kier alpha value is -3.47. The largest absolute Gasteiger partial charge is 0.483 e. The molecule has 4 rings (SSSR count). The van der Waals surface area contributed by atoms with Crippen LogP contribution < -0.4 is 19.5 Å². The topological polar surface area (TPSA) is 56.8 Å². The molecule has 26 heavy (non-hydrogen) atoms. The first-order valence-corrected chi connectivity index (χ1v) is 8.26. The highest BCUT2D eigenvalue weighted by molar-refractivity contribution is 5.92. The molecule has 3 aromatic carbocycles. The summed E-state index contributed by atoms with van der Waals surface area (Å²) in [7, 11) is 0. The molecule has 1 aliphatic heterocycles. The number of hydrogen-bond acceptors (Lipinski definition) is 4. The Labute approximate surface area is 151 Å². The van der Waals surface area contributed by atoms with Crippen LogP contribution in [0.15, 0.2) is 72.8 Å². The second-order valence-electron chi connectivity index (χ2n) is 5.77. The summed E-state index contributed by atoms with van der Waals surface area (Å²) >= 11 is 0. The van der Waals surface area contributed by atoms with Gasteiger partial charge >= 0.3 is 0 Å². The lowest BCUT2D eigenvalue weighted by Gasteiger charge is -2.12. The van der Waals surface area contributed by atoms with Gasteiger partial charge in [0.25, 0.3) is 5.91 Å². The molecule has 5 heteroatoms. The van der Waals surface area contributed by atoms with E-state index in [2.05, 4.69) is 5.32 Å². The molecule has 1 N–H and O–H groups in total. The van der Waals surface area contributed by atoms with Gasteiger partial charge < -0.3 is 19.5 Å². The van der Waals surface area contributed by atoms with Gasteiger partial charge in [-0.3, -0.25) is 4.79 Å². The van der Waals surface area contributed by atoms with Crippen molar-refractivity contribution in [2.24, 2.45) is 0 Å². The van der Waals surface area contributed by atoms with Crippen LogP contribution in [0.1, 0.15) is 0 Å². The average molecular weight is 347 g/mol. The summed E-state index contributed by atoms with van der Waals surface area (Å²) in [4.78, 5) is 12.2. The van der Waals surface area contributed by atoms with Crippen LogP contribution in [0.25, 0.3) is 11.1 Å². The maximum atomic E-state index is 12.2. The van der Waals surface area contributed by atoms with Crippen molar-refractivity contribution in [3.8, 4) is 28.4 Å². The quantitative estimate of drug-likeness (QED) is 0.755. The number of nitrogens with one attached hydrogen (secondary N) is 1. The van der Waals surface area contributed by atoms with Crippen LogP contribution in [0.4, 0.5) is 5.69 Å². The SMILES string of the molecule is O=C(COc1ccccc1-c1ccccc1)Nc1ccc2c(c1)OCO2. The van der Waals surface area contributed by atoms with Crippen molar-refractivity contribution in [2.75, 3.05) is 18.7 Å². The fourth-order valence-electron chi connectivity index (χ4n) is 2.76. The van der Waals surface area contributed by atoms with Gasteiger partial charge in [0.1, 0.15) is 5.75 Å². The molecule has 130 valence electrons. The normalized spacial score (nSPS) is 11.8. The summed E-state index contributed by atoms with van der Waals surface area (Å²) in [6.07, 6.45) is 0. The summed E-state index contributed by atoms with van der Waals surface area (Å²) in [6.45, 7) is 0.115. The number of hydrogen-bond donors (Lipinski definition) is 1. The Balaban J connectivity index is 1.42. The number of benzene rings is 3. The van der Waals surface area contributed by atoms with Gasteiger partial charge in [0.2, 0.25) is 6.79 Å². The summed E-state index contributed by atoms with van der Waals surface area (Å²) in [6, 6.07) is 22.9. The van der Waals surface area contributed by atoms with E-state index in [1.165, 1.54) is 0 Å². The molecule has 0 aliphatic carbocycles. The standard InChI is InChI=1S/C21H17NO4/c23-21(22-16-10-11-19-20(12-16)26-14-25-19)13-24-18-9-5-4-8-17(18)15-6-2-1-3-7-15/h1-12H,13-14H2,(H,22,23). The summed E-state index contributed by atoms with van der Waals surface area (Å²) in [5.41, 5.74) is 2.63. The first-order chi connectivity index (χ1) is 12.8. The van der Waals surface area contributed by atoms with Gasteiger partial charge in [-0.25, -0.2) is 0 Å². The molecule has 3 aromatic rings. The van der Waals surface area contributed by atoms with E-state index >= 15 is 0 Å². The molecule has 0 spiro atoms. The third-order valence-corrected chi connectivity index (χ3v) is 3.99. The number of carbonyl (C=O) groups is 1. The number of para-hydroxylation sites is 1. The Morgan fingerprint density at radius 1 is 0.923 bits per heavy atom. The van der Waals surface area contributed by atoms with Crippen LogP contribution in [0.5, 0.6) is 17.2 Å². The molecule has 0 bridgehead atoms. The van der Waals surface area contributed by atoms with Gasteiger partial charge in [0.05, 0.1) is 0 Å². The molecule has 0 fully saturated rings. The van der Waals surface area contributed by atoms with E-state index in [9.17, 15) is 4.79 Å². The molecular formula is C21H17NO4. The number of rotatable bonds is 5. The highest BCUT2D eigenvalue weighted by Gasteiger charge is 2.14.